The van der Waals surface area contributed by atoms with Crippen LogP contribution in [-0.4, -0.2) is 4.57 Å². The molecule has 0 bridgehead atoms. The molecule has 0 N–H and O–H groups in total. The van der Waals surface area contributed by atoms with Gasteiger partial charge in [0.2, 0.25) is 0 Å². The van der Waals surface area contributed by atoms with E-state index >= 15 is 0 Å². The molecule has 2 aromatic rings. The van der Waals surface area contributed by atoms with Crippen molar-refractivity contribution in [2.24, 2.45) is 0 Å². The maximum Gasteiger partial charge on any atom is 0.0494 e. The van der Waals surface area contributed by atoms with Crippen LogP contribution >= 0.6 is 0 Å². The number of hydrogen-bond donors (Lipinski definition) is 0. The Balaban J connectivity index is 2.73. The second-order valence-electron chi connectivity index (χ2n) is 5.60. The van der Waals surface area contributed by atoms with E-state index in [0.29, 0.717) is 0 Å². The first kappa shape index (κ1) is 16.1. The van der Waals surface area contributed by atoms with Gasteiger partial charge in [0.25, 0.3) is 0 Å². The lowest BCUT2D eigenvalue weighted by molar-refractivity contribution is 1.03. The fourth-order valence-corrected chi connectivity index (χ4v) is 2.61. The minimum Gasteiger partial charge on any atom is -0.310 e. The minimum absolute atomic E-state index is 1.04. The van der Waals surface area contributed by atoms with Crippen LogP contribution in [0.5, 0.6) is 0 Å². The smallest absolute Gasteiger partial charge is 0.0494 e. The van der Waals surface area contributed by atoms with Crippen LogP contribution < -0.4 is 0 Å². The Labute approximate surface area is 134 Å². The zero-order valence-electron chi connectivity index (χ0n) is 14.1. The van der Waals surface area contributed by atoms with Crippen molar-refractivity contribution in [3.05, 3.63) is 77.2 Å². The maximum atomic E-state index is 3.79. The molecule has 0 aliphatic rings. The Morgan fingerprint density at radius 1 is 0.955 bits per heavy atom. The van der Waals surface area contributed by atoms with Gasteiger partial charge >= 0.3 is 0 Å². The molecule has 0 saturated heterocycles. The Hall–Kier alpha value is -2.28. The van der Waals surface area contributed by atoms with E-state index in [1.165, 1.54) is 33.8 Å². The third-order valence-corrected chi connectivity index (χ3v) is 4.01. The number of nitrogens with zero attached hydrogens (tertiary/aromatic N) is 1. The second-order valence-corrected chi connectivity index (χ2v) is 5.60. The van der Waals surface area contributed by atoms with Gasteiger partial charge in [0.15, 0.2) is 0 Å². The van der Waals surface area contributed by atoms with Crippen molar-refractivity contribution in [2.75, 3.05) is 0 Å². The van der Waals surface area contributed by atoms with E-state index in [1.54, 1.807) is 0 Å². The Morgan fingerprint density at radius 3 is 2.09 bits per heavy atom. The molecule has 1 nitrogen and oxygen atoms in total. The molecule has 0 amide bonds. The number of rotatable bonds is 5. The molecular formula is C21H25N. The summed E-state index contributed by atoms with van der Waals surface area (Å²) in [7, 11) is 0. The molecule has 1 aromatic carbocycles. The molecule has 2 rings (SSSR count). The van der Waals surface area contributed by atoms with Crippen LogP contribution in [0.1, 0.15) is 41.4 Å². The molecule has 114 valence electrons. The van der Waals surface area contributed by atoms with Crippen molar-refractivity contribution in [1.82, 2.24) is 4.57 Å². The van der Waals surface area contributed by atoms with Crippen molar-refractivity contribution in [1.29, 1.82) is 0 Å². The molecular weight excluding hydrogens is 266 g/mol. The van der Waals surface area contributed by atoms with Gasteiger partial charge in [-0.05, 0) is 62.6 Å². The molecule has 0 radical (unpaired) electrons. The van der Waals surface area contributed by atoms with E-state index < -0.39 is 0 Å². The zero-order valence-corrected chi connectivity index (χ0v) is 14.1. The van der Waals surface area contributed by atoms with E-state index in [-0.39, 0.29) is 0 Å². The van der Waals surface area contributed by atoms with Crippen LogP contribution in [0.4, 0.5) is 0 Å². The number of benzene rings is 1. The summed E-state index contributed by atoms with van der Waals surface area (Å²) in [6, 6.07) is 8.69. The van der Waals surface area contributed by atoms with E-state index in [2.05, 4.69) is 81.3 Å². The van der Waals surface area contributed by atoms with Crippen LogP contribution in [0, 0.1) is 20.8 Å². The molecule has 0 atom stereocenters. The summed E-state index contributed by atoms with van der Waals surface area (Å²) in [5.74, 6) is 0. The molecule has 0 fully saturated rings. The van der Waals surface area contributed by atoms with Gasteiger partial charge < -0.3 is 4.57 Å². The highest BCUT2D eigenvalue weighted by Crippen LogP contribution is 2.28. The van der Waals surface area contributed by atoms with Gasteiger partial charge in [0.05, 0.1) is 0 Å². The van der Waals surface area contributed by atoms with Crippen molar-refractivity contribution >= 4 is 12.2 Å². The highest BCUT2D eigenvalue weighted by molar-refractivity contribution is 5.66. The fraction of sp³-hybridized carbons (Fsp3) is 0.238. The van der Waals surface area contributed by atoms with Crippen molar-refractivity contribution in [3.8, 4) is 5.69 Å². The summed E-state index contributed by atoms with van der Waals surface area (Å²) >= 11 is 0. The number of aryl methyl sites for hydroxylation is 1. The van der Waals surface area contributed by atoms with Gasteiger partial charge in [0.1, 0.15) is 0 Å². The molecule has 0 aliphatic heterocycles. The second kappa shape index (κ2) is 7.13. The highest BCUT2D eigenvalue weighted by Gasteiger charge is 2.15. The SMILES string of the molecule is C=C/C=C\c1c(C)c(C)c(/C=C\CC)n1-c1ccc(C)cc1. The first-order valence-electron chi connectivity index (χ1n) is 7.84. The molecule has 0 spiro atoms. The van der Waals surface area contributed by atoms with Gasteiger partial charge in [-0.2, -0.15) is 0 Å². The Kier molecular flexibility index (Phi) is 5.21. The lowest BCUT2D eigenvalue weighted by Crippen LogP contribution is -1.99. The lowest BCUT2D eigenvalue weighted by Gasteiger charge is -2.11. The Morgan fingerprint density at radius 2 is 1.55 bits per heavy atom. The molecule has 1 aromatic heterocycles. The summed E-state index contributed by atoms with van der Waals surface area (Å²) in [4.78, 5) is 0. The minimum atomic E-state index is 1.04. The highest BCUT2D eigenvalue weighted by atomic mass is 15.0. The van der Waals surface area contributed by atoms with Crippen LogP contribution in [0.2, 0.25) is 0 Å². The Bertz CT molecular complexity index is 709. The van der Waals surface area contributed by atoms with Crippen LogP contribution in [0.25, 0.3) is 17.8 Å². The van der Waals surface area contributed by atoms with E-state index in [0.717, 1.165) is 6.42 Å². The molecule has 1 heteroatoms. The summed E-state index contributed by atoms with van der Waals surface area (Å²) in [6.45, 7) is 12.5. The predicted octanol–water partition coefficient (Wildman–Crippen LogP) is 6.02. The first-order chi connectivity index (χ1) is 10.6. The average molecular weight is 291 g/mol. The van der Waals surface area contributed by atoms with Crippen LogP contribution in [0.3, 0.4) is 0 Å². The predicted molar refractivity (Wildman–Crippen MR) is 98.5 cm³/mol. The zero-order chi connectivity index (χ0) is 16.1. The summed E-state index contributed by atoms with van der Waals surface area (Å²) < 4.78 is 2.33. The van der Waals surface area contributed by atoms with Gasteiger partial charge in [-0.15, -0.1) is 0 Å². The maximum absolute atomic E-state index is 3.79. The van der Waals surface area contributed by atoms with Crippen LogP contribution in [0.15, 0.2) is 49.1 Å². The number of allylic oxidation sites excluding steroid dienone is 3. The van der Waals surface area contributed by atoms with Crippen molar-refractivity contribution in [3.63, 3.8) is 0 Å². The number of aromatic nitrogens is 1. The lowest BCUT2D eigenvalue weighted by atomic mass is 10.1. The topological polar surface area (TPSA) is 4.93 Å². The molecule has 0 aliphatic carbocycles. The summed E-state index contributed by atoms with van der Waals surface area (Å²) in [6.07, 6.45) is 11.4. The molecule has 0 saturated carbocycles. The van der Waals surface area contributed by atoms with Gasteiger partial charge in [-0.25, -0.2) is 0 Å². The quantitative estimate of drug-likeness (QED) is 0.593. The van der Waals surface area contributed by atoms with E-state index in [1.807, 2.05) is 12.2 Å². The largest absolute Gasteiger partial charge is 0.310 e. The standard InChI is InChI=1S/C21H25N/c1-6-8-10-20-17(4)18(5)21(11-9-7-2)22(20)19-14-12-16(3)13-15-19/h6,8-15H,1,7H2,2-5H3/b10-8-,11-9-. The fourth-order valence-electron chi connectivity index (χ4n) is 2.61. The normalized spacial score (nSPS) is 11.6. The van der Waals surface area contributed by atoms with Gasteiger partial charge in [0, 0.05) is 17.1 Å². The third-order valence-electron chi connectivity index (χ3n) is 4.01. The third kappa shape index (κ3) is 3.14. The van der Waals surface area contributed by atoms with E-state index in [9.17, 15) is 0 Å². The van der Waals surface area contributed by atoms with Crippen molar-refractivity contribution < 1.29 is 0 Å². The molecule has 22 heavy (non-hydrogen) atoms. The van der Waals surface area contributed by atoms with Crippen LogP contribution in [-0.2, 0) is 0 Å². The van der Waals surface area contributed by atoms with Gasteiger partial charge in [-0.3, -0.25) is 0 Å². The monoisotopic (exact) mass is 291 g/mol. The summed E-state index contributed by atoms with van der Waals surface area (Å²) in [5.41, 5.74) is 7.59. The van der Waals surface area contributed by atoms with Gasteiger partial charge in [-0.1, -0.05) is 49.4 Å². The average Bonchev–Trinajstić information content (AvgIpc) is 2.76. The number of hydrogen-bond acceptors (Lipinski definition) is 0. The summed E-state index contributed by atoms with van der Waals surface area (Å²) in [5, 5.41) is 0. The van der Waals surface area contributed by atoms with E-state index in [4.69, 9.17) is 0 Å². The van der Waals surface area contributed by atoms with Crippen molar-refractivity contribution in [2.45, 2.75) is 34.1 Å². The molecule has 0 unspecified atom stereocenters. The first-order valence-corrected chi connectivity index (χ1v) is 7.84. The molecule has 1 heterocycles.